The number of rotatable bonds is 6. The molecule has 2 rings (SSSR count). The van der Waals surface area contributed by atoms with Crippen molar-refractivity contribution in [2.24, 2.45) is 0 Å². The Bertz CT molecular complexity index is 184. The van der Waals surface area contributed by atoms with Gasteiger partial charge in [0.25, 0.3) is 0 Å². The molecule has 0 aromatic rings. The first-order valence-electron chi connectivity index (χ1n) is 6.87. The van der Waals surface area contributed by atoms with Crippen molar-refractivity contribution in [3.63, 3.8) is 0 Å². The second kappa shape index (κ2) is 6.58. The van der Waals surface area contributed by atoms with Gasteiger partial charge in [-0.05, 0) is 25.7 Å². The average Bonchev–Trinajstić information content (AvgIpc) is 3.11. The summed E-state index contributed by atoms with van der Waals surface area (Å²) in [4.78, 5) is 0. The van der Waals surface area contributed by atoms with Crippen LogP contribution in [-0.4, -0.2) is 36.5 Å². The summed E-state index contributed by atoms with van der Waals surface area (Å²) >= 11 is 0. The summed E-state index contributed by atoms with van der Waals surface area (Å²) in [5, 5.41) is 12.7. The Morgan fingerprint density at radius 2 is 1.75 bits per heavy atom. The molecule has 0 spiro atoms. The van der Waals surface area contributed by atoms with Gasteiger partial charge in [0.1, 0.15) is 0 Å². The van der Waals surface area contributed by atoms with Crippen LogP contribution in [0.5, 0.6) is 0 Å². The van der Waals surface area contributed by atoms with Gasteiger partial charge in [-0.2, -0.15) is 0 Å². The Morgan fingerprint density at radius 3 is 2.31 bits per heavy atom. The summed E-state index contributed by atoms with van der Waals surface area (Å²) in [6.07, 6.45) is 10.7. The van der Waals surface area contributed by atoms with E-state index in [2.05, 4.69) is 5.32 Å². The SMILES string of the molecule is OCC(COC1CCCCCC1)NC1CC1. The Kier molecular flexibility index (Phi) is 5.07. The van der Waals surface area contributed by atoms with Crippen LogP contribution in [0.25, 0.3) is 0 Å². The summed E-state index contributed by atoms with van der Waals surface area (Å²) in [7, 11) is 0. The van der Waals surface area contributed by atoms with Crippen molar-refractivity contribution in [1.82, 2.24) is 5.32 Å². The monoisotopic (exact) mass is 227 g/mol. The molecule has 2 N–H and O–H groups in total. The number of aliphatic hydroxyl groups is 1. The first-order valence-corrected chi connectivity index (χ1v) is 6.87. The van der Waals surface area contributed by atoms with E-state index in [1.807, 2.05) is 0 Å². The van der Waals surface area contributed by atoms with Crippen LogP contribution in [0.1, 0.15) is 51.4 Å². The summed E-state index contributed by atoms with van der Waals surface area (Å²) < 4.78 is 5.92. The molecule has 2 aliphatic rings. The Morgan fingerprint density at radius 1 is 1.06 bits per heavy atom. The summed E-state index contributed by atoms with van der Waals surface area (Å²) in [5.74, 6) is 0. The molecule has 3 heteroatoms. The zero-order valence-electron chi connectivity index (χ0n) is 10.2. The zero-order valence-corrected chi connectivity index (χ0v) is 10.2. The summed E-state index contributed by atoms with van der Waals surface area (Å²) in [6.45, 7) is 0.876. The van der Waals surface area contributed by atoms with E-state index >= 15 is 0 Å². The van der Waals surface area contributed by atoms with E-state index in [0.717, 1.165) is 0 Å². The first kappa shape index (κ1) is 12.3. The van der Waals surface area contributed by atoms with Gasteiger partial charge in [-0.25, -0.2) is 0 Å². The molecule has 16 heavy (non-hydrogen) atoms. The van der Waals surface area contributed by atoms with Crippen LogP contribution in [0.3, 0.4) is 0 Å². The maximum Gasteiger partial charge on any atom is 0.0645 e. The molecular formula is C13H25NO2. The largest absolute Gasteiger partial charge is 0.395 e. The molecule has 0 aliphatic heterocycles. The minimum Gasteiger partial charge on any atom is -0.395 e. The van der Waals surface area contributed by atoms with Crippen LogP contribution in [0, 0.1) is 0 Å². The Balaban J connectivity index is 1.62. The lowest BCUT2D eigenvalue weighted by molar-refractivity contribution is 0.0187. The fourth-order valence-electron chi connectivity index (χ4n) is 2.40. The Hall–Kier alpha value is -0.120. The molecule has 3 nitrogen and oxygen atoms in total. The van der Waals surface area contributed by atoms with Gasteiger partial charge in [0, 0.05) is 6.04 Å². The van der Waals surface area contributed by atoms with E-state index in [4.69, 9.17) is 4.74 Å². The normalized spacial score (nSPS) is 25.3. The minimum absolute atomic E-state index is 0.149. The molecule has 94 valence electrons. The molecule has 0 amide bonds. The fourth-order valence-corrected chi connectivity index (χ4v) is 2.40. The summed E-state index contributed by atoms with van der Waals surface area (Å²) in [6, 6.07) is 0.797. The van der Waals surface area contributed by atoms with Gasteiger partial charge < -0.3 is 15.2 Å². The van der Waals surface area contributed by atoms with Crippen molar-refractivity contribution in [1.29, 1.82) is 0 Å². The molecule has 0 heterocycles. The highest BCUT2D eigenvalue weighted by molar-refractivity contribution is 4.84. The molecular weight excluding hydrogens is 202 g/mol. The maximum atomic E-state index is 9.25. The van der Waals surface area contributed by atoms with Crippen LogP contribution in [0.15, 0.2) is 0 Å². The van der Waals surface area contributed by atoms with Crippen LogP contribution >= 0.6 is 0 Å². The van der Waals surface area contributed by atoms with Crippen LogP contribution in [0.2, 0.25) is 0 Å². The van der Waals surface area contributed by atoms with Crippen LogP contribution < -0.4 is 5.32 Å². The van der Waals surface area contributed by atoms with E-state index in [1.165, 1.54) is 51.4 Å². The van der Waals surface area contributed by atoms with Gasteiger partial charge in [0.15, 0.2) is 0 Å². The van der Waals surface area contributed by atoms with E-state index in [0.29, 0.717) is 18.8 Å². The van der Waals surface area contributed by atoms with Crippen LogP contribution in [-0.2, 0) is 4.74 Å². The van der Waals surface area contributed by atoms with Crippen molar-refractivity contribution >= 4 is 0 Å². The molecule has 1 unspecified atom stereocenters. The highest BCUT2D eigenvalue weighted by atomic mass is 16.5. The third kappa shape index (κ3) is 4.40. The first-order chi connectivity index (χ1) is 7.88. The molecule has 0 radical (unpaired) electrons. The standard InChI is InChI=1S/C13H25NO2/c15-9-12(14-11-7-8-11)10-16-13-5-3-1-2-4-6-13/h11-15H,1-10H2. The lowest BCUT2D eigenvalue weighted by atomic mass is 10.1. The zero-order chi connectivity index (χ0) is 11.2. The van der Waals surface area contributed by atoms with E-state index in [9.17, 15) is 5.11 Å². The fraction of sp³-hybridized carbons (Fsp3) is 1.00. The molecule has 2 saturated carbocycles. The number of aliphatic hydroxyl groups excluding tert-OH is 1. The van der Waals surface area contributed by atoms with Gasteiger partial charge in [0.2, 0.25) is 0 Å². The van der Waals surface area contributed by atoms with E-state index in [1.54, 1.807) is 0 Å². The van der Waals surface area contributed by atoms with Gasteiger partial charge in [-0.3, -0.25) is 0 Å². The predicted octanol–water partition coefficient (Wildman–Crippen LogP) is 1.84. The Labute approximate surface area is 98.6 Å². The highest BCUT2D eigenvalue weighted by Gasteiger charge is 2.25. The smallest absolute Gasteiger partial charge is 0.0645 e. The van der Waals surface area contributed by atoms with Crippen molar-refractivity contribution in [2.75, 3.05) is 13.2 Å². The maximum absolute atomic E-state index is 9.25. The van der Waals surface area contributed by atoms with Crippen molar-refractivity contribution in [3.05, 3.63) is 0 Å². The molecule has 2 fully saturated rings. The molecule has 0 bridgehead atoms. The molecule has 2 aliphatic carbocycles. The highest BCUT2D eigenvalue weighted by Crippen LogP contribution is 2.21. The topological polar surface area (TPSA) is 41.5 Å². The average molecular weight is 227 g/mol. The third-order valence-corrected chi connectivity index (χ3v) is 3.60. The van der Waals surface area contributed by atoms with Crippen molar-refractivity contribution in [3.8, 4) is 0 Å². The minimum atomic E-state index is 0.149. The molecule has 1 atom stereocenters. The van der Waals surface area contributed by atoms with Gasteiger partial charge >= 0.3 is 0 Å². The molecule has 0 saturated heterocycles. The van der Waals surface area contributed by atoms with Gasteiger partial charge in [-0.15, -0.1) is 0 Å². The number of hydrogen-bond acceptors (Lipinski definition) is 3. The second-order valence-electron chi connectivity index (χ2n) is 5.27. The number of nitrogens with one attached hydrogen (secondary N) is 1. The van der Waals surface area contributed by atoms with Gasteiger partial charge in [-0.1, -0.05) is 25.7 Å². The lowest BCUT2D eigenvalue weighted by Gasteiger charge is -2.21. The third-order valence-electron chi connectivity index (χ3n) is 3.60. The number of hydrogen-bond donors (Lipinski definition) is 2. The van der Waals surface area contributed by atoms with E-state index in [-0.39, 0.29) is 12.6 Å². The second-order valence-corrected chi connectivity index (χ2v) is 5.27. The van der Waals surface area contributed by atoms with Crippen molar-refractivity contribution < 1.29 is 9.84 Å². The predicted molar refractivity (Wildman–Crippen MR) is 64.5 cm³/mol. The van der Waals surface area contributed by atoms with Gasteiger partial charge in [0.05, 0.1) is 25.4 Å². The van der Waals surface area contributed by atoms with Crippen LogP contribution in [0.4, 0.5) is 0 Å². The summed E-state index contributed by atoms with van der Waals surface area (Å²) in [5.41, 5.74) is 0. The van der Waals surface area contributed by atoms with Crippen molar-refractivity contribution in [2.45, 2.75) is 69.6 Å². The lowest BCUT2D eigenvalue weighted by Crippen LogP contribution is -2.39. The molecule has 0 aromatic carbocycles. The van der Waals surface area contributed by atoms with E-state index < -0.39 is 0 Å². The number of ether oxygens (including phenoxy) is 1. The quantitative estimate of drug-likeness (QED) is 0.680. The molecule has 0 aromatic heterocycles.